The van der Waals surface area contributed by atoms with Crippen molar-refractivity contribution in [2.75, 3.05) is 13.1 Å². The van der Waals surface area contributed by atoms with E-state index in [1.54, 1.807) is 0 Å². The fraction of sp³-hybridized carbons (Fsp3) is 0.750. The van der Waals surface area contributed by atoms with Crippen molar-refractivity contribution in [3.05, 3.63) is 17.7 Å². The average molecular weight is 291 g/mol. The summed E-state index contributed by atoms with van der Waals surface area (Å²) < 4.78 is 1.96. The second kappa shape index (κ2) is 6.60. The number of aromatic nitrogens is 2. The molecule has 2 aliphatic rings. The van der Waals surface area contributed by atoms with Crippen molar-refractivity contribution in [2.24, 2.45) is 0 Å². The van der Waals surface area contributed by atoms with Gasteiger partial charge in [0.05, 0.1) is 12.3 Å². The van der Waals surface area contributed by atoms with Gasteiger partial charge in [-0.15, -0.1) is 0 Å². The molecule has 1 amide bonds. The maximum Gasteiger partial charge on any atom is 0.242 e. The third kappa shape index (κ3) is 3.64. The molecule has 21 heavy (non-hydrogen) atoms. The van der Waals surface area contributed by atoms with Crippen molar-refractivity contribution in [2.45, 2.75) is 64.0 Å². The molecule has 3 rings (SSSR count). The average Bonchev–Trinajstić information content (AvgIpc) is 3.20. The van der Waals surface area contributed by atoms with Gasteiger partial charge >= 0.3 is 0 Å². The molecule has 5 heteroatoms. The molecule has 1 aliphatic carbocycles. The van der Waals surface area contributed by atoms with Gasteiger partial charge in [-0.3, -0.25) is 4.79 Å². The van der Waals surface area contributed by atoms with E-state index in [1.807, 2.05) is 15.7 Å². The standard InChI is InChI=1S/C16H25N3O2/c20-12-14-10-19(16(17-14)13-6-7-13)11-15(21)18-8-4-2-1-3-5-9-18/h10,13,20H,1-9,11-12H2. The molecule has 1 aliphatic heterocycles. The van der Waals surface area contributed by atoms with Crippen molar-refractivity contribution in [3.8, 4) is 0 Å². The summed E-state index contributed by atoms with van der Waals surface area (Å²) >= 11 is 0. The first-order valence-corrected chi connectivity index (χ1v) is 8.22. The van der Waals surface area contributed by atoms with Gasteiger partial charge in [-0.2, -0.15) is 0 Å². The molecule has 1 aromatic heterocycles. The summed E-state index contributed by atoms with van der Waals surface area (Å²) in [5.41, 5.74) is 0.678. The Morgan fingerprint density at radius 1 is 1.19 bits per heavy atom. The SMILES string of the molecule is O=C(Cn1cc(CO)nc1C1CC1)N1CCCCCCC1. The summed E-state index contributed by atoms with van der Waals surface area (Å²) in [6.07, 6.45) is 10.2. The zero-order valence-electron chi connectivity index (χ0n) is 12.6. The number of imidazole rings is 1. The number of aliphatic hydroxyl groups is 1. The van der Waals surface area contributed by atoms with Gasteiger partial charge < -0.3 is 14.6 Å². The maximum absolute atomic E-state index is 12.5. The summed E-state index contributed by atoms with van der Waals surface area (Å²) in [7, 11) is 0. The van der Waals surface area contributed by atoms with E-state index in [4.69, 9.17) is 0 Å². The minimum absolute atomic E-state index is 0.0510. The molecule has 1 N–H and O–H groups in total. The Balaban J connectivity index is 1.67. The van der Waals surface area contributed by atoms with Crippen molar-refractivity contribution in [3.63, 3.8) is 0 Å². The van der Waals surface area contributed by atoms with E-state index in [2.05, 4.69) is 4.98 Å². The number of hydrogen-bond donors (Lipinski definition) is 1. The van der Waals surface area contributed by atoms with Gasteiger partial charge in [0.15, 0.2) is 0 Å². The van der Waals surface area contributed by atoms with Crippen LogP contribution in [0.25, 0.3) is 0 Å². The number of amides is 1. The van der Waals surface area contributed by atoms with Crippen molar-refractivity contribution >= 4 is 5.91 Å². The zero-order chi connectivity index (χ0) is 14.7. The second-order valence-electron chi connectivity index (χ2n) is 6.30. The minimum atomic E-state index is -0.0510. The molecular formula is C16H25N3O2. The summed E-state index contributed by atoms with van der Waals surface area (Å²) in [6.45, 7) is 2.10. The van der Waals surface area contributed by atoms with E-state index in [-0.39, 0.29) is 12.5 Å². The number of carbonyl (C=O) groups excluding carboxylic acids is 1. The molecule has 2 heterocycles. The van der Waals surface area contributed by atoms with Crippen molar-refractivity contribution in [1.29, 1.82) is 0 Å². The first-order chi connectivity index (χ1) is 10.3. The number of likely N-dealkylation sites (tertiary alicyclic amines) is 1. The molecule has 0 atom stereocenters. The van der Waals surface area contributed by atoms with E-state index in [9.17, 15) is 9.90 Å². The van der Waals surface area contributed by atoms with Crippen LogP contribution < -0.4 is 0 Å². The van der Waals surface area contributed by atoms with Crippen LogP contribution in [0.3, 0.4) is 0 Å². The third-order valence-electron chi connectivity index (χ3n) is 4.48. The lowest BCUT2D eigenvalue weighted by Crippen LogP contribution is -2.36. The number of aliphatic hydroxyl groups excluding tert-OH is 1. The smallest absolute Gasteiger partial charge is 0.242 e. The predicted molar refractivity (Wildman–Crippen MR) is 79.8 cm³/mol. The van der Waals surface area contributed by atoms with Crippen LogP contribution in [0.5, 0.6) is 0 Å². The van der Waals surface area contributed by atoms with Crippen molar-refractivity contribution < 1.29 is 9.90 Å². The van der Waals surface area contributed by atoms with E-state index < -0.39 is 0 Å². The maximum atomic E-state index is 12.5. The van der Waals surface area contributed by atoms with Crippen LogP contribution in [0.15, 0.2) is 6.20 Å². The Hall–Kier alpha value is -1.36. The van der Waals surface area contributed by atoms with Gasteiger partial charge in [-0.25, -0.2) is 4.98 Å². The van der Waals surface area contributed by atoms with Crippen LogP contribution in [0.1, 0.15) is 62.4 Å². The van der Waals surface area contributed by atoms with E-state index in [0.717, 1.165) is 44.6 Å². The molecule has 0 radical (unpaired) electrons. The molecule has 0 aromatic carbocycles. The molecule has 116 valence electrons. The number of nitrogens with zero attached hydrogens (tertiary/aromatic N) is 3. The monoisotopic (exact) mass is 291 g/mol. The summed E-state index contributed by atoms with van der Waals surface area (Å²) in [5, 5.41) is 9.26. The van der Waals surface area contributed by atoms with Gasteiger partial charge in [0.25, 0.3) is 0 Å². The van der Waals surface area contributed by atoms with E-state index in [1.165, 1.54) is 19.3 Å². The van der Waals surface area contributed by atoms with Gasteiger partial charge in [0.1, 0.15) is 12.4 Å². The van der Waals surface area contributed by atoms with Crippen LogP contribution >= 0.6 is 0 Å². The van der Waals surface area contributed by atoms with Crippen LogP contribution in [-0.2, 0) is 17.9 Å². The highest BCUT2D eigenvalue weighted by Gasteiger charge is 2.29. The van der Waals surface area contributed by atoms with Gasteiger partial charge in [0, 0.05) is 25.2 Å². The number of hydrogen-bond acceptors (Lipinski definition) is 3. The Morgan fingerprint density at radius 3 is 2.48 bits per heavy atom. The zero-order valence-corrected chi connectivity index (χ0v) is 12.6. The highest BCUT2D eigenvalue weighted by atomic mass is 16.3. The summed E-state index contributed by atoms with van der Waals surface area (Å²) in [4.78, 5) is 19.0. The first-order valence-electron chi connectivity index (χ1n) is 8.22. The Bertz CT molecular complexity index is 486. The fourth-order valence-electron chi connectivity index (χ4n) is 3.10. The summed E-state index contributed by atoms with van der Waals surface area (Å²) in [6, 6.07) is 0. The number of rotatable bonds is 4. The summed E-state index contributed by atoms with van der Waals surface area (Å²) in [5.74, 6) is 1.67. The molecule has 5 nitrogen and oxygen atoms in total. The molecule has 0 spiro atoms. The van der Waals surface area contributed by atoms with Crippen LogP contribution in [0.4, 0.5) is 0 Å². The largest absolute Gasteiger partial charge is 0.390 e. The van der Waals surface area contributed by atoms with E-state index in [0.29, 0.717) is 18.2 Å². The van der Waals surface area contributed by atoms with Gasteiger partial charge in [-0.1, -0.05) is 19.3 Å². The molecule has 0 bridgehead atoms. The first kappa shape index (κ1) is 14.6. The highest BCUT2D eigenvalue weighted by molar-refractivity contribution is 5.76. The fourth-order valence-corrected chi connectivity index (χ4v) is 3.10. The van der Waals surface area contributed by atoms with Gasteiger partial charge in [-0.05, 0) is 25.7 Å². The second-order valence-corrected chi connectivity index (χ2v) is 6.30. The third-order valence-corrected chi connectivity index (χ3v) is 4.48. The molecule has 1 aromatic rings. The lowest BCUT2D eigenvalue weighted by molar-refractivity contribution is -0.132. The van der Waals surface area contributed by atoms with Gasteiger partial charge in [0.2, 0.25) is 5.91 Å². The Kier molecular flexibility index (Phi) is 4.58. The number of carbonyl (C=O) groups is 1. The molecule has 1 saturated carbocycles. The Morgan fingerprint density at radius 2 is 1.86 bits per heavy atom. The lowest BCUT2D eigenvalue weighted by Gasteiger charge is -2.25. The van der Waals surface area contributed by atoms with Crippen LogP contribution in [0.2, 0.25) is 0 Å². The normalized spacial score (nSPS) is 20.1. The minimum Gasteiger partial charge on any atom is -0.390 e. The van der Waals surface area contributed by atoms with Crippen LogP contribution in [0, 0.1) is 0 Å². The van der Waals surface area contributed by atoms with E-state index >= 15 is 0 Å². The topological polar surface area (TPSA) is 58.4 Å². The Labute approximate surface area is 126 Å². The van der Waals surface area contributed by atoms with Crippen molar-refractivity contribution in [1.82, 2.24) is 14.5 Å². The lowest BCUT2D eigenvalue weighted by atomic mass is 10.1. The molecule has 1 saturated heterocycles. The predicted octanol–water partition coefficient (Wildman–Crippen LogP) is 2.05. The van der Waals surface area contributed by atoms with Crippen LogP contribution in [-0.4, -0.2) is 38.6 Å². The molecule has 0 unspecified atom stereocenters. The highest BCUT2D eigenvalue weighted by Crippen LogP contribution is 2.39. The molecule has 2 fully saturated rings. The quantitative estimate of drug-likeness (QED) is 0.923. The molecular weight excluding hydrogens is 266 g/mol.